The van der Waals surface area contributed by atoms with Crippen LogP contribution in [0.3, 0.4) is 0 Å². The highest BCUT2D eigenvalue weighted by atomic mass is 32.2. The van der Waals surface area contributed by atoms with Crippen molar-refractivity contribution in [1.29, 1.82) is 0 Å². The SMILES string of the molecule is Cc1ccc(S(=O)(=O)Nc2ccc3c(ccc4[nH]c5c(C(=O)O)cccc5c43)c2)cc1. The van der Waals surface area contributed by atoms with E-state index in [4.69, 9.17) is 0 Å². The molecule has 0 saturated carbocycles. The minimum Gasteiger partial charge on any atom is -0.478 e. The average Bonchev–Trinajstić information content (AvgIpc) is 3.12. The van der Waals surface area contributed by atoms with E-state index in [1.807, 2.05) is 31.2 Å². The first-order chi connectivity index (χ1) is 14.8. The van der Waals surface area contributed by atoms with Gasteiger partial charge >= 0.3 is 5.97 Å². The Morgan fingerprint density at radius 1 is 0.935 bits per heavy atom. The van der Waals surface area contributed by atoms with Gasteiger partial charge in [-0.05, 0) is 54.1 Å². The number of H-pyrrole nitrogens is 1. The number of rotatable bonds is 4. The molecule has 3 N–H and O–H groups in total. The molecule has 31 heavy (non-hydrogen) atoms. The van der Waals surface area contributed by atoms with E-state index in [-0.39, 0.29) is 10.5 Å². The molecule has 0 saturated heterocycles. The van der Waals surface area contributed by atoms with Crippen molar-refractivity contribution in [2.24, 2.45) is 0 Å². The van der Waals surface area contributed by atoms with Gasteiger partial charge in [-0.25, -0.2) is 13.2 Å². The second-order valence-corrected chi connectivity index (χ2v) is 9.18. The third-order valence-electron chi connectivity index (χ3n) is 5.43. The highest BCUT2D eigenvalue weighted by Gasteiger charge is 2.16. The molecule has 0 aliphatic heterocycles. The molecule has 6 nitrogen and oxygen atoms in total. The van der Waals surface area contributed by atoms with Gasteiger partial charge in [-0.2, -0.15) is 0 Å². The van der Waals surface area contributed by atoms with Crippen LogP contribution in [0.5, 0.6) is 0 Å². The lowest BCUT2D eigenvalue weighted by Crippen LogP contribution is -2.12. The first-order valence-corrected chi connectivity index (χ1v) is 11.1. The topological polar surface area (TPSA) is 99.3 Å². The molecule has 5 aromatic rings. The van der Waals surface area contributed by atoms with Crippen molar-refractivity contribution in [3.63, 3.8) is 0 Å². The Morgan fingerprint density at radius 2 is 1.71 bits per heavy atom. The summed E-state index contributed by atoms with van der Waals surface area (Å²) in [5.41, 5.74) is 3.05. The molecular weight excluding hydrogens is 412 g/mol. The normalized spacial score (nSPS) is 11.9. The predicted octanol–water partition coefficient (Wildman–Crippen LogP) is 5.28. The fraction of sp³-hybridized carbons (Fsp3) is 0.0417. The van der Waals surface area contributed by atoms with E-state index in [1.165, 1.54) is 0 Å². The van der Waals surface area contributed by atoms with Gasteiger partial charge < -0.3 is 10.1 Å². The van der Waals surface area contributed by atoms with Crippen LogP contribution in [0.15, 0.2) is 77.7 Å². The molecule has 0 atom stereocenters. The van der Waals surface area contributed by atoms with Gasteiger partial charge in [0.15, 0.2) is 0 Å². The zero-order valence-electron chi connectivity index (χ0n) is 16.5. The first kappa shape index (κ1) is 19.1. The first-order valence-electron chi connectivity index (χ1n) is 9.63. The summed E-state index contributed by atoms with van der Waals surface area (Å²) in [5.74, 6) is -0.991. The molecule has 5 rings (SSSR count). The van der Waals surface area contributed by atoms with Crippen LogP contribution in [0.4, 0.5) is 5.69 Å². The van der Waals surface area contributed by atoms with Gasteiger partial charge in [0.05, 0.1) is 16.0 Å². The fourth-order valence-corrected chi connectivity index (χ4v) is 4.98. The minimum atomic E-state index is -3.70. The van der Waals surface area contributed by atoms with E-state index in [1.54, 1.807) is 48.5 Å². The van der Waals surface area contributed by atoms with E-state index < -0.39 is 16.0 Å². The van der Waals surface area contributed by atoms with E-state index in [9.17, 15) is 18.3 Å². The van der Waals surface area contributed by atoms with Crippen molar-refractivity contribution in [3.8, 4) is 0 Å². The zero-order chi connectivity index (χ0) is 21.8. The Bertz CT molecular complexity index is 1600. The lowest BCUT2D eigenvalue weighted by molar-refractivity contribution is 0.0699. The van der Waals surface area contributed by atoms with Gasteiger partial charge in [0.25, 0.3) is 10.0 Å². The number of anilines is 1. The summed E-state index contributed by atoms with van der Waals surface area (Å²) in [5, 5.41) is 13.0. The van der Waals surface area contributed by atoms with E-state index >= 15 is 0 Å². The Morgan fingerprint density at radius 3 is 2.45 bits per heavy atom. The molecule has 154 valence electrons. The Hall–Kier alpha value is -3.84. The summed E-state index contributed by atoms with van der Waals surface area (Å²) in [4.78, 5) is 15.0. The standard InChI is InChI=1S/C24H18N2O4S/c1-14-5-9-17(10-6-14)31(29,30)26-16-8-11-18-15(13-16)7-12-21-22(18)19-3-2-4-20(24(27)28)23(19)25-21/h2-13,25-26H,1H3,(H,27,28). The maximum atomic E-state index is 12.7. The van der Waals surface area contributed by atoms with Crippen molar-refractivity contribution in [2.45, 2.75) is 11.8 Å². The van der Waals surface area contributed by atoms with Gasteiger partial charge in [-0.15, -0.1) is 0 Å². The number of aromatic nitrogens is 1. The Balaban J connectivity index is 1.63. The fourth-order valence-electron chi connectivity index (χ4n) is 3.93. The summed E-state index contributed by atoms with van der Waals surface area (Å²) in [6, 6.07) is 21.0. The highest BCUT2D eigenvalue weighted by Crippen LogP contribution is 2.35. The number of aromatic amines is 1. The van der Waals surface area contributed by atoms with Gasteiger partial charge in [-0.3, -0.25) is 4.72 Å². The van der Waals surface area contributed by atoms with E-state index in [0.29, 0.717) is 11.2 Å². The van der Waals surface area contributed by atoms with Gasteiger partial charge in [0.1, 0.15) is 0 Å². The average molecular weight is 430 g/mol. The van der Waals surface area contributed by atoms with Crippen LogP contribution in [-0.4, -0.2) is 24.5 Å². The van der Waals surface area contributed by atoms with Gasteiger partial charge in [0.2, 0.25) is 0 Å². The smallest absolute Gasteiger partial charge is 0.337 e. The van der Waals surface area contributed by atoms with Crippen molar-refractivity contribution < 1.29 is 18.3 Å². The molecule has 0 bridgehead atoms. The van der Waals surface area contributed by atoms with Crippen molar-refractivity contribution in [3.05, 3.63) is 83.9 Å². The van der Waals surface area contributed by atoms with Crippen LogP contribution in [0, 0.1) is 6.92 Å². The molecule has 0 aliphatic rings. The maximum Gasteiger partial charge on any atom is 0.337 e. The molecule has 0 radical (unpaired) electrons. The number of aryl methyl sites for hydroxylation is 1. The molecular formula is C24H18N2O4S. The van der Waals surface area contributed by atoms with Gasteiger partial charge in [-0.1, -0.05) is 42.0 Å². The number of fused-ring (bicyclic) bond motifs is 5. The maximum absolute atomic E-state index is 12.7. The molecule has 0 fully saturated rings. The summed E-state index contributed by atoms with van der Waals surface area (Å²) in [6.07, 6.45) is 0. The summed E-state index contributed by atoms with van der Waals surface area (Å²) >= 11 is 0. The third-order valence-corrected chi connectivity index (χ3v) is 6.82. The largest absolute Gasteiger partial charge is 0.478 e. The summed E-state index contributed by atoms with van der Waals surface area (Å²) in [6.45, 7) is 1.90. The Kier molecular flexibility index (Phi) is 4.23. The molecule has 1 aromatic heterocycles. The van der Waals surface area contributed by atoms with Crippen molar-refractivity contribution in [1.82, 2.24) is 4.98 Å². The second-order valence-electron chi connectivity index (χ2n) is 7.50. The molecule has 4 aromatic carbocycles. The molecule has 7 heteroatoms. The van der Waals surface area contributed by atoms with Crippen LogP contribution in [0.25, 0.3) is 32.6 Å². The third kappa shape index (κ3) is 3.19. The highest BCUT2D eigenvalue weighted by molar-refractivity contribution is 7.92. The number of hydrogen-bond acceptors (Lipinski definition) is 3. The monoisotopic (exact) mass is 430 g/mol. The van der Waals surface area contributed by atoms with Crippen LogP contribution in [0.1, 0.15) is 15.9 Å². The lowest BCUT2D eigenvalue weighted by Gasteiger charge is -2.10. The number of aromatic carboxylic acids is 1. The summed E-state index contributed by atoms with van der Waals surface area (Å²) < 4.78 is 28.1. The Labute approximate surface area is 178 Å². The number of nitrogens with one attached hydrogen (secondary N) is 2. The van der Waals surface area contributed by atoms with Crippen LogP contribution in [0.2, 0.25) is 0 Å². The summed E-state index contributed by atoms with van der Waals surface area (Å²) in [7, 11) is -3.70. The van der Waals surface area contributed by atoms with Gasteiger partial charge in [0, 0.05) is 22.0 Å². The number of carbonyl (C=O) groups is 1. The van der Waals surface area contributed by atoms with Crippen LogP contribution >= 0.6 is 0 Å². The van der Waals surface area contributed by atoms with Crippen molar-refractivity contribution >= 4 is 54.3 Å². The van der Waals surface area contributed by atoms with E-state index in [2.05, 4.69) is 9.71 Å². The number of carboxylic acids is 1. The molecule has 0 unspecified atom stereocenters. The second kappa shape index (κ2) is 6.85. The molecule has 0 aliphatic carbocycles. The zero-order valence-corrected chi connectivity index (χ0v) is 17.3. The number of hydrogen-bond donors (Lipinski definition) is 3. The number of sulfonamides is 1. The number of para-hydroxylation sites is 1. The quantitative estimate of drug-likeness (QED) is 0.361. The van der Waals surface area contributed by atoms with E-state index in [0.717, 1.165) is 32.6 Å². The lowest BCUT2D eigenvalue weighted by atomic mass is 10.0. The predicted molar refractivity (Wildman–Crippen MR) is 122 cm³/mol. The van der Waals surface area contributed by atoms with Crippen molar-refractivity contribution in [2.75, 3.05) is 4.72 Å². The molecule has 0 spiro atoms. The number of benzene rings is 4. The molecule has 0 amide bonds. The van der Waals surface area contributed by atoms with Crippen LogP contribution < -0.4 is 4.72 Å². The van der Waals surface area contributed by atoms with Crippen LogP contribution in [-0.2, 0) is 10.0 Å². The molecule has 1 heterocycles. The number of carboxylic acid groups (broad SMARTS) is 1. The minimum absolute atomic E-state index is 0.200.